The van der Waals surface area contributed by atoms with Crippen LogP contribution in [0.25, 0.3) is 0 Å². The van der Waals surface area contributed by atoms with Gasteiger partial charge in [-0.25, -0.2) is 0 Å². The van der Waals surface area contributed by atoms with E-state index >= 15 is 0 Å². The molecule has 2 aromatic carbocycles. The Morgan fingerprint density at radius 1 is 0.913 bits per heavy atom. The largest absolute Gasteiger partial charge is 0.416 e. The number of benzene rings is 2. The van der Waals surface area contributed by atoms with Crippen LogP contribution < -0.4 is 0 Å². The molecule has 1 aliphatic rings. The lowest BCUT2D eigenvalue weighted by Crippen LogP contribution is -2.24. The van der Waals surface area contributed by atoms with Crippen LogP contribution in [0.1, 0.15) is 31.8 Å². The van der Waals surface area contributed by atoms with E-state index in [9.17, 15) is 22.8 Å². The van der Waals surface area contributed by atoms with Gasteiger partial charge in [0.2, 0.25) is 0 Å². The smallest absolute Gasteiger partial charge is 0.267 e. The maximum atomic E-state index is 12.6. The van der Waals surface area contributed by atoms with Gasteiger partial charge in [0.05, 0.1) is 22.9 Å². The summed E-state index contributed by atoms with van der Waals surface area (Å²) < 4.78 is 37.9. The van der Waals surface area contributed by atoms with Gasteiger partial charge in [0, 0.05) is 0 Å². The molecular weight excluding hydrogens is 309 g/mol. The first-order chi connectivity index (χ1) is 10.9. The highest BCUT2D eigenvalue weighted by Crippen LogP contribution is 2.29. The number of hydrazone groups is 1. The second kappa shape index (κ2) is 5.35. The summed E-state index contributed by atoms with van der Waals surface area (Å²) in [7, 11) is 0. The van der Waals surface area contributed by atoms with E-state index in [-0.39, 0.29) is 16.7 Å². The summed E-state index contributed by atoms with van der Waals surface area (Å²) >= 11 is 0. The monoisotopic (exact) mass is 318 g/mol. The number of amides is 2. The van der Waals surface area contributed by atoms with Crippen LogP contribution in [-0.2, 0) is 6.18 Å². The number of hydrogen-bond donors (Lipinski definition) is 0. The summed E-state index contributed by atoms with van der Waals surface area (Å²) in [5, 5.41) is 4.38. The minimum Gasteiger partial charge on any atom is -0.267 e. The van der Waals surface area contributed by atoms with E-state index in [1.54, 1.807) is 12.1 Å². The SMILES string of the molecule is O=C1c2ccccc2C(=O)N1/N=C\c1cccc(C(F)(F)F)c1. The number of alkyl halides is 3. The lowest BCUT2D eigenvalue weighted by Gasteiger charge is -2.08. The summed E-state index contributed by atoms with van der Waals surface area (Å²) in [4.78, 5) is 24.1. The van der Waals surface area contributed by atoms with Crippen molar-refractivity contribution in [2.24, 2.45) is 5.10 Å². The van der Waals surface area contributed by atoms with Gasteiger partial charge in [-0.05, 0) is 29.8 Å². The minimum atomic E-state index is -4.47. The second-order valence-electron chi connectivity index (χ2n) is 4.84. The van der Waals surface area contributed by atoms with Crippen LogP contribution in [0.4, 0.5) is 13.2 Å². The Hall–Kier alpha value is -2.96. The van der Waals surface area contributed by atoms with Crippen LogP contribution in [-0.4, -0.2) is 23.0 Å². The first-order valence-electron chi connectivity index (χ1n) is 6.57. The van der Waals surface area contributed by atoms with Gasteiger partial charge in [-0.3, -0.25) is 9.59 Å². The van der Waals surface area contributed by atoms with Crippen LogP contribution in [0.5, 0.6) is 0 Å². The summed E-state index contributed by atoms with van der Waals surface area (Å²) in [5.74, 6) is -1.21. The van der Waals surface area contributed by atoms with Crippen molar-refractivity contribution in [2.45, 2.75) is 6.18 Å². The second-order valence-corrected chi connectivity index (χ2v) is 4.84. The van der Waals surface area contributed by atoms with Gasteiger partial charge in [0.1, 0.15) is 0 Å². The molecule has 1 heterocycles. The molecule has 0 aromatic heterocycles. The van der Waals surface area contributed by atoms with Crippen molar-refractivity contribution in [3.63, 3.8) is 0 Å². The lowest BCUT2D eigenvalue weighted by molar-refractivity contribution is -0.137. The molecule has 3 rings (SSSR count). The normalized spacial score (nSPS) is 14.7. The van der Waals surface area contributed by atoms with E-state index in [1.807, 2.05) is 0 Å². The van der Waals surface area contributed by atoms with Crippen LogP contribution in [0, 0.1) is 0 Å². The molecule has 0 atom stereocenters. The molecule has 23 heavy (non-hydrogen) atoms. The Labute approximate surface area is 128 Å². The lowest BCUT2D eigenvalue weighted by atomic mass is 10.1. The average molecular weight is 318 g/mol. The third-order valence-electron chi connectivity index (χ3n) is 3.31. The number of carbonyl (C=O) groups excluding carboxylic acids is 2. The molecule has 0 spiro atoms. The summed E-state index contributed by atoms with van der Waals surface area (Å²) in [6.45, 7) is 0. The Bertz CT molecular complexity index is 793. The van der Waals surface area contributed by atoms with E-state index in [4.69, 9.17) is 0 Å². The fourth-order valence-electron chi connectivity index (χ4n) is 2.20. The number of carbonyl (C=O) groups is 2. The van der Waals surface area contributed by atoms with Crippen molar-refractivity contribution >= 4 is 18.0 Å². The number of imide groups is 1. The molecule has 0 aliphatic carbocycles. The van der Waals surface area contributed by atoms with Gasteiger partial charge >= 0.3 is 6.18 Å². The van der Waals surface area contributed by atoms with Gasteiger partial charge in [-0.1, -0.05) is 24.3 Å². The quantitative estimate of drug-likeness (QED) is 0.630. The molecule has 0 saturated heterocycles. The van der Waals surface area contributed by atoms with Crippen molar-refractivity contribution in [1.82, 2.24) is 5.01 Å². The van der Waals surface area contributed by atoms with Crippen LogP contribution >= 0.6 is 0 Å². The highest BCUT2D eigenvalue weighted by atomic mass is 19.4. The molecule has 1 aliphatic heterocycles. The zero-order valence-corrected chi connectivity index (χ0v) is 11.5. The maximum Gasteiger partial charge on any atom is 0.416 e. The number of nitrogens with zero attached hydrogens (tertiary/aromatic N) is 2. The van der Waals surface area contributed by atoms with E-state index in [0.29, 0.717) is 5.01 Å². The molecule has 116 valence electrons. The van der Waals surface area contributed by atoms with Crippen LogP contribution in [0.2, 0.25) is 0 Å². The Morgan fingerprint density at radius 2 is 1.52 bits per heavy atom. The number of halogens is 3. The average Bonchev–Trinajstić information content (AvgIpc) is 2.77. The zero-order valence-electron chi connectivity index (χ0n) is 11.5. The van der Waals surface area contributed by atoms with Crippen LogP contribution in [0.15, 0.2) is 53.6 Å². The van der Waals surface area contributed by atoms with Gasteiger partial charge in [0.15, 0.2) is 0 Å². The highest BCUT2D eigenvalue weighted by molar-refractivity contribution is 6.21. The molecule has 7 heteroatoms. The number of rotatable bonds is 2. The molecule has 4 nitrogen and oxygen atoms in total. The molecule has 0 N–H and O–H groups in total. The maximum absolute atomic E-state index is 12.6. The van der Waals surface area contributed by atoms with Crippen LogP contribution in [0.3, 0.4) is 0 Å². The molecule has 0 bridgehead atoms. The summed E-state index contributed by atoms with van der Waals surface area (Å²) in [6.07, 6.45) is -3.42. The van der Waals surface area contributed by atoms with Crippen molar-refractivity contribution in [3.05, 3.63) is 70.8 Å². The number of hydrogen-bond acceptors (Lipinski definition) is 3. The van der Waals surface area contributed by atoms with Gasteiger partial charge < -0.3 is 0 Å². The zero-order chi connectivity index (χ0) is 16.6. The minimum absolute atomic E-state index is 0.136. The van der Waals surface area contributed by atoms with Gasteiger partial charge in [-0.15, -0.1) is 0 Å². The van der Waals surface area contributed by atoms with Crippen molar-refractivity contribution < 1.29 is 22.8 Å². The Balaban J connectivity index is 1.88. The van der Waals surface area contributed by atoms with Gasteiger partial charge in [0.25, 0.3) is 11.8 Å². The first-order valence-corrected chi connectivity index (χ1v) is 6.57. The molecule has 0 radical (unpaired) electrons. The predicted molar refractivity (Wildman–Crippen MR) is 76.0 cm³/mol. The standard InChI is InChI=1S/C16H9F3N2O2/c17-16(18,19)11-5-3-4-10(8-11)9-20-21-14(22)12-6-1-2-7-13(12)15(21)23/h1-9H/b20-9-. The molecular formula is C16H9F3N2O2. The first kappa shape index (κ1) is 15.0. The fourth-order valence-corrected chi connectivity index (χ4v) is 2.20. The van der Waals surface area contributed by atoms with E-state index in [1.165, 1.54) is 24.3 Å². The third kappa shape index (κ3) is 2.73. The molecule has 2 amide bonds. The van der Waals surface area contributed by atoms with Gasteiger partial charge in [-0.2, -0.15) is 23.3 Å². The molecule has 0 fully saturated rings. The predicted octanol–water partition coefficient (Wildman–Crippen LogP) is 3.34. The molecule has 2 aromatic rings. The number of fused-ring (bicyclic) bond motifs is 1. The Kier molecular flexibility index (Phi) is 3.48. The Morgan fingerprint density at radius 3 is 2.09 bits per heavy atom. The highest BCUT2D eigenvalue weighted by Gasteiger charge is 2.35. The van der Waals surface area contributed by atoms with Crippen molar-refractivity contribution in [1.29, 1.82) is 0 Å². The van der Waals surface area contributed by atoms with E-state index in [0.717, 1.165) is 18.3 Å². The third-order valence-corrected chi connectivity index (χ3v) is 3.31. The molecule has 0 unspecified atom stereocenters. The topological polar surface area (TPSA) is 49.7 Å². The summed E-state index contributed by atoms with van der Waals surface area (Å²) in [6, 6.07) is 10.7. The van der Waals surface area contributed by atoms with Crippen molar-refractivity contribution in [3.8, 4) is 0 Å². The molecule has 0 saturated carbocycles. The van der Waals surface area contributed by atoms with Crippen molar-refractivity contribution in [2.75, 3.05) is 0 Å². The van der Waals surface area contributed by atoms with E-state index < -0.39 is 23.6 Å². The summed E-state index contributed by atoms with van der Waals surface area (Å²) in [5.41, 5.74) is -0.252. The van der Waals surface area contributed by atoms with E-state index in [2.05, 4.69) is 5.10 Å². The fraction of sp³-hybridized carbons (Fsp3) is 0.0625.